The van der Waals surface area contributed by atoms with Crippen LogP contribution in [-0.2, 0) is 11.4 Å². The summed E-state index contributed by atoms with van der Waals surface area (Å²) in [7, 11) is 0. The molecule has 0 aliphatic carbocycles. The van der Waals surface area contributed by atoms with Crippen molar-refractivity contribution in [2.75, 3.05) is 6.54 Å². The first-order valence-electron chi connectivity index (χ1n) is 9.50. The van der Waals surface area contributed by atoms with Crippen LogP contribution in [-0.4, -0.2) is 34.8 Å². The van der Waals surface area contributed by atoms with E-state index in [0.29, 0.717) is 29.6 Å². The van der Waals surface area contributed by atoms with Gasteiger partial charge in [0, 0.05) is 24.1 Å². The summed E-state index contributed by atoms with van der Waals surface area (Å²) < 4.78 is 0. The third kappa shape index (κ3) is 6.12. The zero-order chi connectivity index (χ0) is 21.0. The fourth-order valence-electron chi connectivity index (χ4n) is 3.04. The minimum atomic E-state index is -0.329. The lowest BCUT2D eigenvalue weighted by molar-refractivity contribution is 0.0580. The van der Waals surface area contributed by atoms with Gasteiger partial charge in [0.05, 0.1) is 22.3 Å². The third-order valence-corrected chi connectivity index (χ3v) is 5.13. The molecule has 1 aliphatic rings. The standard InChI is InChI=1S/C22H25Cl2N3O2/c1-22(2,3)25-21(28)27(13-15-7-5-4-6-8-15)14-17-12-20(26-29-17)16-9-10-18(23)19(24)11-16/h4-11,17H,12-14H2,1-3H3,(H,25,28)/t17-/m0/s1. The maximum atomic E-state index is 12.9. The highest BCUT2D eigenvalue weighted by Crippen LogP contribution is 2.26. The summed E-state index contributed by atoms with van der Waals surface area (Å²) in [6.45, 7) is 6.80. The molecule has 1 heterocycles. The van der Waals surface area contributed by atoms with Crippen LogP contribution >= 0.6 is 23.2 Å². The maximum absolute atomic E-state index is 12.9. The van der Waals surface area contributed by atoms with Crippen LogP contribution in [0.3, 0.4) is 0 Å². The van der Waals surface area contributed by atoms with E-state index >= 15 is 0 Å². The molecule has 0 radical (unpaired) electrons. The molecule has 2 aromatic carbocycles. The van der Waals surface area contributed by atoms with Crippen molar-refractivity contribution >= 4 is 34.9 Å². The molecule has 1 aliphatic heterocycles. The minimum Gasteiger partial charge on any atom is -0.390 e. The van der Waals surface area contributed by atoms with Crippen LogP contribution < -0.4 is 5.32 Å². The van der Waals surface area contributed by atoms with Crippen LogP contribution in [0.5, 0.6) is 0 Å². The van der Waals surface area contributed by atoms with Crippen LogP contribution in [0.15, 0.2) is 53.7 Å². The van der Waals surface area contributed by atoms with Gasteiger partial charge in [-0.25, -0.2) is 4.79 Å². The SMILES string of the molecule is CC(C)(C)NC(=O)N(Cc1ccccc1)C[C@@H]1CC(c2ccc(Cl)c(Cl)c2)=NO1. The highest BCUT2D eigenvalue weighted by atomic mass is 35.5. The van der Waals surface area contributed by atoms with E-state index < -0.39 is 0 Å². The second-order valence-electron chi connectivity index (χ2n) is 8.14. The summed E-state index contributed by atoms with van der Waals surface area (Å²) in [6.07, 6.45) is 0.361. The van der Waals surface area contributed by atoms with Crippen LogP contribution in [0.25, 0.3) is 0 Å². The largest absolute Gasteiger partial charge is 0.390 e. The van der Waals surface area contributed by atoms with Gasteiger partial charge in [0.15, 0.2) is 6.10 Å². The topological polar surface area (TPSA) is 53.9 Å². The molecular formula is C22H25Cl2N3O2. The lowest BCUT2D eigenvalue weighted by Crippen LogP contribution is -2.50. The highest BCUT2D eigenvalue weighted by Gasteiger charge is 2.28. The molecule has 154 valence electrons. The molecule has 1 N–H and O–H groups in total. The van der Waals surface area contributed by atoms with Crippen molar-refractivity contribution in [3.05, 3.63) is 69.7 Å². The number of rotatable bonds is 5. The fourth-order valence-corrected chi connectivity index (χ4v) is 3.34. The zero-order valence-corrected chi connectivity index (χ0v) is 18.3. The average molecular weight is 434 g/mol. The predicted molar refractivity (Wildman–Crippen MR) is 118 cm³/mol. The highest BCUT2D eigenvalue weighted by molar-refractivity contribution is 6.42. The van der Waals surface area contributed by atoms with Crippen molar-refractivity contribution < 1.29 is 9.63 Å². The summed E-state index contributed by atoms with van der Waals surface area (Å²) in [6, 6.07) is 15.2. The van der Waals surface area contributed by atoms with Gasteiger partial charge < -0.3 is 15.1 Å². The molecular weight excluding hydrogens is 409 g/mol. The summed E-state index contributed by atoms with van der Waals surface area (Å²) in [5.74, 6) is 0. The number of urea groups is 1. The van der Waals surface area contributed by atoms with Crippen LogP contribution in [0, 0.1) is 0 Å². The van der Waals surface area contributed by atoms with Crippen molar-refractivity contribution in [3.8, 4) is 0 Å². The predicted octanol–water partition coefficient (Wildman–Crippen LogP) is 5.50. The summed E-state index contributed by atoms with van der Waals surface area (Å²) in [5, 5.41) is 8.22. The molecule has 2 aromatic rings. The van der Waals surface area contributed by atoms with E-state index in [1.165, 1.54) is 0 Å². The van der Waals surface area contributed by atoms with Crippen LogP contribution in [0.1, 0.15) is 38.3 Å². The van der Waals surface area contributed by atoms with Gasteiger partial charge in [-0.3, -0.25) is 0 Å². The molecule has 0 saturated carbocycles. The van der Waals surface area contributed by atoms with Gasteiger partial charge in [0.2, 0.25) is 0 Å². The van der Waals surface area contributed by atoms with E-state index in [2.05, 4.69) is 10.5 Å². The quantitative estimate of drug-likeness (QED) is 0.676. The number of nitrogens with zero attached hydrogens (tertiary/aromatic N) is 2. The Morgan fingerprint density at radius 2 is 1.90 bits per heavy atom. The van der Waals surface area contributed by atoms with Crippen molar-refractivity contribution in [2.24, 2.45) is 5.16 Å². The van der Waals surface area contributed by atoms with E-state index in [-0.39, 0.29) is 17.7 Å². The molecule has 2 amide bonds. The Hall–Kier alpha value is -2.24. The van der Waals surface area contributed by atoms with Gasteiger partial charge in [-0.1, -0.05) is 64.8 Å². The Bertz CT molecular complexity index is 895. The number of carbonyl (C=O) groups is 1. The minimum absolute atomic E-state index is 0.132. The van der Waals surface area contributed by atoms with Gasteiger partial charge in [-0.2, -0.15) is 0 Å². The van der Waals surface area contributed by atoms with E-state index in [0.717, 1.165) is 16.8 Å². The number of carbonyl (C=O) groups excluding carboxylic acids is 1. The van der Waals surface area contributed by atoms with Crippen LogP contribution in [0.4, 0.5) is 4.79 Å². The van der Waals surface area contributed by atoms with E-state index in [1.807, 2.05) is 57.2 Å². The molecule has 0 spiro atoms. The Labute approximate surface area is 181 Å². The Morgan fingerprint density at radius 3 is 2.55 bits per heavy atom. The van der Waals surface area contributed by atoms with E-state index in [9.17, 15) is 4.79 Å². The Balaban J connectivity index is 1.69. The number of benzene rings is 2. The molecule has 0 saturated heterocycles. The number of nitrogens with one attached hydrogen (secondary N) is 1. The Morgan fingerprint density at radius 1 is 1.17 bits per heavy atom. The molecule has 1 atom stereocenters. The number of oxime groups is 1. The first-order valence-corrected chi connectivity index (χ1v) is 10.3. The number of halogens is 2. The summed E-state index contributed by atoms with van der Waals surface area (Å²) in [5.41, 5.74) is 2.39. The van der Waals surface area contributed by atoms with Crippen molar-refractivity contribution in [1.82, 2.24) is 10.2 Å². The molecule has 0 unspecified atom stereocenters. The van der Waals surface area contributed by atoms with Gasteiger partial charge >= 0.3 is 6.03 Å². The Kier molecular flexibility index (Phi) is 6.70. The molecule has 5 nitrogen and oxygen atoms in total. The van der Waals surface area contributed by atoms with Gasteiger partial charge in [0.25, 0.3) is 0 Å². The van der Waals surface area contributed by atoms with Crippen molar-refractivity contribution in [3.63, 3.8) is 0 Å². The van der Waals surface area contributed by atoms with Gasteiger partial charge in [-0.05, 0) is 38.5 Å². The normalized spacial score (nSPS) is 16.2. The number of amides is 2. The van der Waals surface area contributed by atoms with E-state index in [4.69, 9.17) is 28.0 Å². The second kappa shape index (κ2) is 9.06. The first-order chi connectivity index (χ1) is 13.7. The monoisotopic (exact) mass is 433 g/mol. The van der Waals surface area contributed by atoms with Crippen LogP contribution in [0.2, 0.25) is 10.0 Å². The summed E-state index contributed by atoms with van der Waals surface area (Å²) in [4.78, 5) is 20.3. The van der Waals surface area contributed by atoms with Crippen molar-refractivity contribution in [1.29, 1.82) is 0 Å². The maximum Gasteiger partial charge on any atom is 0.318 e. The molecule has 0 bridgehead atoms. The molecule has 0 fully saturated rings. The van der Waals surface area contributed by atoms with Gasteiger partial charge in [0.1, 0.15) is 0 Å². The summed E-state index contributed by atoms with van der Waals surface area (Å²) >= 11 is 12.1. The molecule has 29 heavy (non-hydrogen) atoms. The van der Waals surface area contributed by atoms with Gasteiger partial charge in [-0.15, -0.1) is 0 Å². The molecule has 7 heteroatoms. The lowest BCUT2D eigenvalue weighted by Gasteiger charge is -2.29. The molecule has 3 rings (SSSR count). The number of hydrogen-bond acceptors (Lipinski definition) is 3. The number of hydrogen-bond donors (Lipinski definition) is 1. The fraction of sp³-hybridized carbons (Fsp3) is 0.364. The van der Waals surface area contributed by atoms with E-state index in [1.54, 1.807) is 17.0 Å². The molecule has 0 aromatic heterocycles. The lowest BCUT2D eigenvalue weighted by atomic mass is 10.0. The zero-order valence-electron chi connectivity index (χ0n) is 16.8. The average Bonchev–Trinajstić information content (AvgIpc) is 3.11. The smallest absolute Gasteiger partial charge is 0.318 e. The first kappa shape index (κ1) is 21.5. The third-order valence-electron chi connectivity index (χ3n) is 4.40. The van der Waals surface area contributed by atoms with Crippen molar-refractivity contribution in [2.45, 2.75) is 45.4 Å². The second-order valence-corrected chi connectivity index (χ2v) is 8.96.